The molecule has 0 bridgehead atoms. The van der Waals surface area contributed by atoms with E-state index in [1.807, 2.05) is 60.7 Å². The lowest BCUT2D eigenvalue weighted by Gasteiger charge is -2.07. The molecule has 0 unspecified atom stereocenters. The van der Waals surface area contributed by atoms with E-state index in [-0.39, 0.29) is 5.56 Å². The Labute approximate surface area is 176 Å². The third kappa shape index (κ3) is 3.69. The highest BCUT2D eigenvalue weighted by atomic mass is 16.5. The summed E-state index contributed by atoms with van der Waals surface area (Å²) >= 11 is 0. The zero-order valence-electron chi connectivity index (χ0n) is 16.5. The Balaban J connectivity index is 1.48. The normalized spacial score (nSPS) is 11.1. The van der Waals surface area contributed by atoms with Crippen molar-refractivity contribution in [1.82, 2.24) is 19.7 Å². The van der Waals surface area contributed by atoms with Crippen LogP contribution in [-0.4, -0.2) is 19.7 Å². The van der Waals surface area contributed by atoms with Crippen LogP contribution in [0.4, 0.5) is 0 Å². The van der Waals surface area contributed by atoms with Crippen molar-refractivity contribution < 1.29 is 4.52 Å². The van der Waals surface area contributed by atoms with E-state index in [0.717, 1.165) is 11.1 Å². The molecular formula is C24H18N4O3. The molecule has 0 saturated heterocycles. The highest BCUT2D eigenvalue weighted by Crippen LogP contribution is 2.23. The van der Waals surface area contributed by atoms with E-state index in [4.69, 9.17) is 4.52 Å². The molecule has 2 heterocycles. The van der Waals surface area contributed by atoms with Crippen LogP contribution in [-0.2, 0) is 13.0 Å². The number of nitrogens with one attached hydrogen (secondary N) is 1. The van der Waals surface area contributed by atoms with Gasteiger partial charge in [0.1, 0.15) is 0 Å². The summed E-state index contributed by atoms with van der Waals surface area (Å²) in [6, 6.07) is 24.3. The minimum absolute atomic E-state index is 0.306. The van der Waals surface area contributed by atoms with Gasteiger partial charge < -0.3 is 9.51 Å². The van der Waals surface area contributed by atoms with E-state index in [1.54, 1.807) is 18.2 Å². The summed E-state index contributed by atoms with van der Waals surface area (Å²) < 4.78 is 6.62. The quantitative estimate of drug-likeness (QED) is 0.477. The van der Waals surface area contributed by atoms with Crippen LogP contribution in [0.15, 0.2) is 93.0 Å². The topological polar surface area (TPSA) is 93.8 Å². The number of fused-ring (bicyclic) bond motifs is 1. The van der Waals surface area contributed by atoms with Crippen molar-refractivity contribution in [3.05, 3.63) is 105 Å². The van der Waals surface area contributed by atoms with Gasteiger partial charge in [-0.2, -0.15) is 4.98 Å². The average molecular weight is 410 g/mol. The molecule has 0 radical (unpaired) electrons. The SMILES string of the molecule is O=c1[nH]c2cc(-c3nc(-c4ccccc4)no3)ccc2c(=O)n1CCc1ccccc1. The minimum Gasteiger partial charge on any atom is -0.334 e. The van der Waals surface area contributed by atoms with E-state index in [2.05, 4.69) is 15.1 Å². The summed E-state index contributed by atoms with van der Waals surface area (Å²) in [6.07, 6.45) is 0.595. The second kappa shape index (κ2) is 7.87. The molecular weight excluding hydrogens is 392 g/mol. The van der Waals surface area contributed by atoms with Crippen LogP contribution in [0.3, 0.4) is 0 Å². The Morgan fingerprint density at radius 1 is 0.871 bits per heavy atom. The van der Waals surface area contributed by atoms with Crippen LogP contribution in [0.2, 0.25) is 0 Å². The van der Waals surface area contributed by atoms with Gasteiger partial charge in [0.25, 0.3) is 11.4 Å². The molecule has 0 saturated carbocycles. The fourth-order valence-electron chi connectivity index (χ4n) is 3.52. The number of aryl methyl sites for hydroxylation is 1. The Bertz CT molecular complexity index is 1470. The van der Waals surface area contributed by atoms with Crippen molar-refractivity contribution in [2.45, 2.75) is 13.0 Å². The molecule has 3 aromatic carbocycles. The lowest BCUT2D eigenvalue weighted by Crippen LogP contribution is -2.35. The molecule has 0 aliphatic rings. The number of hydrogen-bond donors (Lipinski definition) is 1. The molecule has 31 heavy (non-hydrogen) atoms. The molecule has 0 spiro atoms. The van der Waals surface area contributed by atoms with Gasteiger partial charge in [0.15, 0.2) is 0 Å². The fourth-order valence-corrected chi connectivity index (χ4v) is 3.52. The van der Waals surface area contributed by atoms with Crippen molar-refractivity contribution in [2.75, 3.05) is 0 Å². The van der Waals surface area contributed by atoms with E-state index in [9.17, 15) is 9.59 Å². The predicted octanol–water partition coefficient (Wildman–Crippen LogP) is 3.65. The molecule has 152 valence electrons. The molecule has 7 nitrogen and oxygen atoms in total. The zero-order valence-corrected chi connectivity index (χ0v) is 16.5. The minimum atomic E-state index is -0.443. The Hall–Kier alpha value is -4.26. The van der Waals surface area contributed by atoms with Crippen molar-refractivity contribution in [3.8, 4) is 22.8 Å². The summed E-state index contributed by atoms with van der Waals surface area (Å²) in [6.45, 7) is 0.306. The van der Waals surface area contributed by atoms with Crippen LogP contribution in [0, 0.1) is 0 Å². The lowest BCUT2D eigenvalue weighted by atomic mass is 10.1. The number of nitrogens with zero attached hydrogens (tertiary/aromatic N) is 3. The zero-order chi connectivity index (χ0) is 21.2. The second-order valence-electron chi connectivity index (χ2n) is 7.17. The molecule has 5 aromatic rings. The molecule has 0 fully saturated rings. The number of benzene rings is 3. The first-order valence-electron chi connectivity index (χ1n) is 9.89. The summed E-state index contributed by atoms with van der Waals surface area (Å²) in [7, 11) is 0. The second-order valence-corrected chi connectivity index (χ2v) is 7.17. The average Bonchev–Trinajstić information content (AvgIpc) is 3.30. The molecule has 1 N–H and O–H groups in total. The number of aromatic nitrogens is 4. The first kappa shape index (κ1) is 18.7. The highest BCUT2D eigenvalue weighted by molar-refractivity contribution is 5.82. The molecule has 7 heteroatoms. The third-order valence-electron chi connectivity index (χ3n) is 5.15. The third-order valence-corrected chi connectivity index (χ3v) is 5.15. The van der Waals surface area contributed by atoms with Crippen molar-refractivity contribution >= 4 is 10.9 Å². The Morgan fingerprint density at radius 2 is 1.61 bits per heavy atom. The number of rotatable bonds is 5. The van der Waals surface area contributed by atoms with Crippen LogP contribution >= 0.6 is 0 Å². The van der Waals surface area contributed by atoms with Crippen LogP contribution < -0.4 is 11.2 Å². The first-order valence-corrected chi connectivity index (χ1v) is 9.89. The molecule has 0 aliphatic carbocycles. The van der Waals surface area contributed by atoms with Gasteiger partial charge in [-0.05, 0) is 30.2 Å². The Morgan fingerprint density at radius 3 is 2.39 bits per heavy atom. The van der Waals surface area contributed by atoms with E-state index < -0.39 is 5.69 Å². The Kier molecular flexibility index (Phi) is 4.76. The highest BCUT2D eigenvalue weighted by Gasteiger charge is 2.13. The molecule has 0 amide bonds. The fraction of sp³-hybridized carbons (Fsp3) is 0.0833. The summed E-state index contributed by atoms with van der Waals surface area (Å²) in [5.41, 5.74) is 2.20. The van der Waals surface area contributed by atoms with Gasteiger partial charge in [0.05, 0.1) is 10.9 Å². The summed E-state index contributed by atoms with van der Waals surface area (Å²) in [4.78, 5) is 32.7. The van der Waals surface area contributed by atoms with Crippen LogP contribution in [0.25, 0.3) is 33.7 Å². The predicted molar refractivity (Wildman–Crippen MR) is 118 cm³/mol. The molecule has 2 aromatic heterocycles. The largest absolute Gasteiger partial charge is 0.334 e. The maximum atomic E-state index is 12.9. The van der Waals surface area contributed by atoms with E-state index >= 15 is 0 Å². The van der Waals surface area contributed by atoms with Gasteiger partial charge in [-0.25, -0.2) is 4.79 Å². The summed E-state index contributed by atoms with van der Waals surface area (Å²) in [5, 5.41) is 4.45. The van der Waals surface area contributed by atoms with E-state index in [0.29, 0.717) is 41.1 Å². The molecule has 0 atom stereocenters. The standard InChI is InChI=1S/C24H18N4O3/c29-23-19-12-11-18(22-26-21(27-31-22)17-9-5-2-6-10-17)15-20(19)25-24(30)28(23)14-13-16-7-3-1-4-8-16/h1-12,15H,13-14H2,(H,25,30). The van der Waals surface area contributed by atoms with Gasteiger partial charge >= 0.3 is 5.69 Å². The van der Waals surface area contributed by atoms with Gasteiger partial charge in [0, 0.05) is 17.7 Å². The van der Waals surface area contributed by atoms with Crippen molar-refractivity contribution in [3.63, 3.8) is 0 Å². The van der Waals surface area contributed by atoms with Gasteiger partial charge in [0.2, 0.25) is 5.82 Å². The number of aromatic amines is 1. The smallest absolute Gasteiger partial charge is 0.328 e. The van der Waals surface area contributed by atoms with Crippen LogP contribution in [0.5, 0.6) is 0 Å². The monoisotopic (exact) mass is 410 g/mol. The first-order chi connectivity index (χ1) is 15.2. The van der Waals surface area contributed by atoms with Crippen molar-refractivity contribution in [1.29, 1.82) is 0 Å². The van der Waals surface area contributed by atoms with Crippen molar-refractivity contribution in [2.24, 2.45) is 0 Å². The van der Waals surface area contributed by atoms with Crippen LogP contribution in [0.1, 0.15) is 5.56 Å². The maximum Gasteiger partial charge on any atom is 0.328 e. The molecule has 5 rings (SSSR count). The van der Waals surface area contributed by atoms with E-state index in [1.165, 1.54) is 4.57 Å². The summed E-state index contributed by atoms with van der Waals surface area (Å²) in [5.74, 6) is 0.787. The van der Waals surface area contributed by atoms with Gasteiger partial charge in [-0.1, -0.05) is 65.8 Å². The number of H-pyrrole nitrogens is 1. The van der Waals surface area contributed by atoms with Gasteiger partial charge in [-0.3, -0.25) is 9.36 Å². The number of hydrogen-bond acceptors (Lipinski definition) is 5. The molecule has 0 aliphatic heterocycles. The maximum absolute atomic E-state index is 12.9. The lowest BCUT2D eigenvalue weighted by molar-refractivity contribution is 0.432. The van der Waals surface area contributed by atoms with Gasteiger partial charge in [-0.15, -0.1) is 0 Å².